The molecule has 0 saturated carbocycles. The van der Waals surface area contributed by atoms with E-state index in [0.29, 0.717) is 10.8 Å². The van der Waals surface area contributed by atoms with Gasteiger partial charge in [0, 0.05) is 21.5 Å². The van der Waals surface area contributed by atoms with Gasteiger partial charge in [-0.05, 0) is 34.7 Å². The number of nitrogens with zero attached hydrogens (tertiary/aromatic N) is 4. The second kappa shape index (κ2) is 4.23. The van der Waals surface area contributed by atoms with E-state index < -0.39 is 0 Å². The number of aromatic nitrogens is 4. The Morgan fingerprint density at radius 2 is 1.88 bits per heavy atom. The van der Waals surface area contributed by atoms with Gasteiger partial charge in [0.1, 0.15) is 0 Å². The van der Waals surface area contributed by atoms with Gasteiger partial charge < -0.3 is 0 Å². The van der Waals surface area contributed by atoms with Gasteiger partial charge >= 0.3 is 0 Å². The SMILES string of the molecule is Clc1nccn2c(-c3ccc(I)cc3)nnc12. The molecule has 0 unspecified atom stereocenters. The molecule has 0 aliphatic carbocycles. The first-order chi connectivity index (χ1) is 8.25. The fraction of sp³-hybridized carbons (Fsp3) is 0. The van der Waals surface area contributed by atoms with Crippen molar-refractivity contribution >= 4 is 39.8 Å². The molecule has 0 bridgehead atoms. The van der Waals surface area contributed by atoms with E-state index in [2.05, 4.69) is 37.8 Å². The summed E-state index contributed by atoms with van der Waals surface area (Å²) >= 11 is 8.21. The molecule has 0 aliphatic rings. The Balaban J connectivity index is 2.24. The summed E-state index contributed by atoms with van der Waals surface area (Å²) in [6.07, 6.45) is 3.43. The summed E-state index contributed by atoms with van der Waals surface area (Å²) in [5, 5.41) is 8.53. The van der Waals surface area contributed by atoms with Crippen LogP contribution in [-0.2, 0) is 0 Å². The Labute approximate surface area is 116 Å². The second-order valence-electron chi connectivity index (χ2n) is 3.44. The molecule has 6 heteroatoms. The van der Waals surface area contributed by atoms with Crippen LogP contribution in [0.5, 0.6) is 0 Å². The quantitative estimate of drug-likeness (QED) is 0.630. The zero-order valence-electron chi connectivity index (χ0n) is 8.51. The minimum Gasteiger partial charge on any atom is -0.278 e. The van der Waals surface area contributed by atoms with Crippen LogP contribution in [0.25, 0.3) is 17.0 Å². The van der Waals surface area contributed by atoms with Gasteiger partial charge in [-0.1, -0.05) is 23.7 Å². The average molecular weight is 357 g/mol. The van der Waals surface area contributed by atoms with E-state index >= 15 is 0 Å². The Kier molecular flexibility index (Phi) is 2.71. The molecule has 84 valence electrons. The van der Waals surface area contributed by atoms with Gasteiger partial charge in [0.05, 0.1) is 0 Å². The molecular weight excluding hydrogens is 351 g/mol. The van der Waals surface area contributed by atoms with Gasteiger partial charge in [-0.25, -0.2) is 4.98 Å². The summed E-state index contributed by atoms with van der Waals surface area (Å²) in [5.41, 5.74) is 1.57. The molecule has 2 heterocycles. The zero-order valence-corrected chi connectivity index (χ0v) is 11.4. The average Bonchev–Trinajstić information content (AvgIpc) is 2.75. The molecule has 4 nitrogen and oxygen atoms in total. The molecule has 0 aliphatic heterocycles. The Bertz CT molecular complexity index is 678. The van der Waals surface area contributed by atoms with Crippen LogP contribution < -0.4 is 0 Å². The Morgan fingerprint density at radius 3 is 2.65 bits per heavy atom. The fourth-order valence-corrected chi connectivity index (χ4v) is 2.14. The molecule has 0 amide bonds. The van der Waals surface area contributed by atoms with Gasteiger partial charge in [-0.3, -0.25) is 4.40 Å². The van der Waals surface area contributed by atoms with Crippen LogP contribution in [-0.4, -0.2) is 19.6 Å². The molecule has 0 N–H and O–H groups in total. The van der Waals surface area contributed by atoms with Crippen LogP contribution in [0, 0.1) is 3.57 Å². The lowest BCUT2D eigenvalue weighted by Crippen LogP contribution is -1.90. The maximum Gasteiger partial charge on any atom is 0.198 e. The third kappa shape index (κ3) is 1.89. The van der Waals surface area contributed by atoms with Crippen LogP contribution in [0.2, 0.25) is 5.15 Å². The Morgan fingerprint density at radius 1 is 1.12 bits per heavy atom. The van der Waals surface area contributed by atoms with Gasteiger partial charge in [0.2, 0.25) is 0 Å². The lowest BCUT2D eigenvalue weighted by atomic mass is 10.2. The topological polar surface area (TPSA) is 43.1 Å². The minimum absolute atomic E-state index is 0.358. The summed E-state index contributed by atoms with van der Waals surface area (Å²) in [6.45, 7) is 0. The van der Waals surface area contributed by atoms with E-state index in [1.807, 2.05) is 28.7 Å². The van der Waals surface area contributed by atoms with Crippen molar-refractivity contribution in [2.45, 2.75) is 0 Å². The van der Waals surface area contributed by atoms with Gasteiger partial charge in [0.15, 0.2) is 16.6 Å². The van der Waals surface area contributed by atoms with Crippen molar-refractivity contribution in [2.75, 3.05) is 0 Å². The van der Waals surface area contributed by atoms with E-state index in [4.69, 9.17) is 11.6 Å². The number of rotatable bonds is 1. The maximum atomic E-state index is 5.95. The lowest BCUT2D eigenvalue weighted by molar-refractivity contribution is 1.11. The normalized spacial score (nSPS) is 10.9. The van der Waals surface area contributed by atoms with E-state index in [1.165, 1.54) is 3.57 Å². The summed E-state index contributed by atoms with van der Waals surface area (Å²) in [7, 11) is 0. The molecule has 3 rings (SSSR count). The van der Waals surface area contributed by atoms with E-state index in [1.54, 1.807) is 12.4 Å². The van der Waals surface area contributed by atoms with Crippen molar-refractivity contribution in [1.82, 2.24) is 19.6 Å². The van der Waals surface area contributed by atoms with E-state index in [0.717, 1.165) is 11.4 Å². The first-order valence-electron chi connectivity index (χ1n) is 4.87. The van der Waals surface area contributed by atoms with Crippen molar-refractivity contribution in [3.63, 3.8) is 0 Å². The van der Waals surface area contributed by atoms with Crippen LogP contribution in [0.4, 0.5) is 0 Å². The standard InChI is InChI=1S/C11H6ClIN4/c12-9-11-16-15-10(17(11)6-5-14-9)7-1-3-8(13)4-2-7/h1-6H. The molecule has 0 fully saturated rings. The summed E-state index contributed by atoms with van der Waals surface area (Å²) in [5.74, 6) is 0.765. The smallest absolute Gasteiger partial charge is 0.198 e. The highest BCUT2D eigenvalue weighted by molar-refractivity contribution is 14.1. The zero-order chi connectivity index (χ0) is 11.8. The fourth-order valence-electron chi connectivity index (χ4n) is 1.59. The van der Waals surface area contributed by atoms with Crippen molar-refractivity contribution < 1.29 is 0 Å². The van der Waals surface area contributed by atoms with Crippen molar-refractivity contribution in [3.8, 4) is 11.4 Å². The molecule has 1 aromatic carbocycles. The molecule has 0 saturated heterocycles. The monoisotopic (exact) mass is 356 g/mol. The maximum absolute atomic E-state index is 5.95. The first-order valence-corrected chi connectivity index (χ1v) is 6.32. The highest BCUT2D eigenvalue weighted by Gasteiger charge is 2.10. The predicted molar refractivity (Wildman–Crippen MR) is 73.9 cm³/mol. The van der Waals surface area contributed by atoms with Crippen molar-refractivity contribution in [1.29, 1.82) is 0 Å². The molecule has 2 aromatic heterocycles. The van der Waals surface area contributed by atoms with E-state index in [9.17, 15) is 0 Å². The number of benzene rings is 1. The van der Waals surface area contributed by atoms with Gasteiger partial charge in [-0.2, -0.15) is 0 Å². The molecular formula is C11H6ClIN4. The van der Waals surface area contributed by atoms with Crippen molar-refractivity contribution in [3.05, 3.63) is 45.4 Å². The number of hydrogen-bond acceptors (Lipinski definition) is 3. The Hall–Kier alpha value is -1.21. The highest BCUT2D eigenvalue weighted by Crippen LogP contribution is 2.21. The number of fused-ring (bicyclic) bond motifs is 1. The molecule has 0 spiro atoms. The third-order valence-corrected chi connectivity index (χ3v) is 3.37. The molecule has 3 aromatic rings. The molecule has 17 heavy (non-hydrogen) atoms. The van der Waals surface area contributed by atoms with Gasteiger partial charge in [-0.15, -0.1) is 10.2 Å². The number of halogens is 2. The summed E-state index contributed by atoms with van der Waals surface area (Å²) < 4.78 is 3.01. The molecule has 0 radical (unpaired) electrons. The van der Waals surface area contributed by atoms with E-state index in [-0.39, 0.29) is 0 Å². The third-order valence-electron chi connectivity index (χ3n) is 2.39. The van der Waals surface area contributed by atoms with Gasteiger partial charge in [0.25, 0.3) is 0 Å². The second-order valence-corrected chi connectivity index (χ2v) is 5.05. The minimum atomic E-state index is 0.358. The molecule has 0 atom stereocenters. The lowest BCUT2D eigenvalue weighted by Gasteiger charge is -2.00. The highest BCUT2D eigenvalue weighted by atomic mass is 127. The van der Waals surface area contributed by atoms with Crippen LogP contribution in [0.3, 0.4) is 0 Å². The van der Waals surface area contributed by atoms with Crippen LogP contribution in [0.15, 0.2) is 36.7 Å². The van der Waals surface area contributed by atoms with Crippen LogP contribution in [0.1, 0.15) is 0 Å². The largest absolute Gasteiger partial charge is 0.278 e. The first kappa shape index (κ1) is 10.9. The number of hydrogen-bond donors (Lipinski definition) is 0. The van der Waals surface area contributed by atoms with Crippen LogP contribution >= 0.6 is 34.2 Å². The summed E-state index contributed by atoms with van der Waals surface area (Å²) in [6, 6.07) is 8.07. The predicted octanol–water partition coefficient (Wildman–Crippen LogP) is 3.05. The van der Waals surface area contributed by atoms with Crippen molar-refractivity contribution in [2.24, 2.45) is 0 Å². The summed E-state index contributed by atoms with van der Waals surface area (Å²) in [4.78, 5) is 3.97.